The zero-order valence-corrected chi connectivity index (χ0v) is 12.2. The third kappa shape index (κ3) is 3.62. The molecule has 0 atom stereocenters. The maximum atomic E-state index is 5.91. The van der Waals surface area contributed by atoms with E-state index < -0.39 is 0 Å². The lowest BCUT2D eigenvalue weighted by atomic mass is 10.0. The first-order valence-electron chi connectivity index (χ1n) is 5.98. The van der Waals surface area contributed by atoms with Gasteiger partial charge in [0, 0.05) is 12.1 Å². The number of halogens is 2. The molecule has 0 fully saturated rings. The summed E-state index contributed by atoms with van der Waals surface area (Å²) in [6.45, 7) is 0. The minimum Gasteiger partial charge on any atom is -0.497 e. The van der Waals surface area contributed by atoms with Gasteiger partial charge in [0.25, 0.3) is 0 Å². The van der Waals surface area contributed by atoms with E-state index in [0.717, 1.165) is 29.0 Å². The lowest BCUT2D eigenvalue weighted by Gasteiger charge is -2.07. The Morgan fingerprint density at radius 1 is 1.05 bits per heavy atom. The molecule has 2 aromatic rings. The molecular weight excluding hydrogens is 281 g/mol. The fraction of sp³-hybridized carbons (Fsp3) is 0.267. The summed E-state index contributed by atoms with van der Waals surface area (Å²) < 4.78 is 5.14. The number of pyridine rings is 1. The number of nitrogens with zero attached hydrogens (tertiary/aromatic N) is 1. The van der Waals surface area contributed by atoms with Gasteiger partial charge in [-0.05, 0) is 35.2 Å². The highest BCUT2D eigenvalue weighted by Gasteiger charge is 2.05. The van der Waals surface area contributed by atoms with Crippen LogP contribution in [-0.4, -0.2) is 12.1 Å². The Bertz CT molecular complexity index is 540. The van der Waals surface area contributed by atoms with E-state index in [2.05, 4.69) is 23.2 Å². The number of aromatic nitrogens is 1. The number of benzene rings is 1. The molecule has 0 bridgehead atoms. The van der Waals surface area contributed by atoms with Gasteiger partial charge in [-0.3, -0.25) is 4.98 Å². The molecule has 0 amide bonds. The average Bonchev–Trinajstić information content (AvgIpc) is 2.48. The van der Waals surface area contributed by atoms with Gasteiger partial charge < -0.3 is 4.74 Å². The summed E-state index contributed by atoms with van der Waals surface area (Å²) in [7, 11) is 1.66. The molecule has 0 saturated carbocycles. The smallest absolute Gasteiger partial charge is 0.118 e. The van der Waals surface area contributed by atoms with E-state index in [-0.39, 0.29) is 0 Å². The summed E-state index contributed by atoms with van der Waals surface area (Å²) in [6, 6.07) is 10.1. The lowest BCUT2D eigenvalue weighted by Crippen LogP contribution is -1.97. The SMILES string of the molecule is COc1ccc(Cc2cnc(CCl)c(CCl)c2)cc1. The Morgan fingerprint density at radius 3 is 2.37 bits per heavy atom. The van der Waals surface area contributed by atoms with Crippen LogP contribution in [0.2, 0.25) is 0 Å². The Morgan fingerprint density at radius 2 is 1.79 bits per heavy atom. The van der Waals surface area contributed by atoms with Crippen molar-refractivity contribution in [2.45, 2.75) is 18.2 Å². The summed E-state index contributed by atoms with van der Waals surface area (Å²) >= 11 is 11.7. The first kappa shape index (κ1) is 14.2. The van der Waals surface area contributed by atoms with Crippen molar-refractivity contribution in [2.24, 2.45) is 0 Å². The Hall–Kier alpha value is -1.25. The van der Waals surface area contributed by atoms with Crippen molar-refractivity contribution in [3.63, 3.8) is 0 Å². The molecule has 0 N–H and O–H groups in total. The van der Waals surface area contributed by atoms with Gasteiger partial charge in [0.2, 0.25) is 0 Å². The van der Waals surface area contributed by atoms with E-state index in [4.69, 9.17) is 27.9 Å². The van der Waals surface area contributed by atoms with Crippen molar-refractivity contribution < 1.29 is 4.74 Å². The monoisotopic (exact) mass is 295 g/mol. The normalized spacial score (nSPS) is 10.5. The van der Waals surface area contributed by atoms with Crippen molar-refractivity contribution in [2.75, 3.05) is 7.11 Å². The van der Waals surface area contributed by atoms with Gasteiger partial charge in [0.1, 0.15) is 5.75 Å². The first-order chi connectivity index (χ1) is 9.26. The molecule has 0 aliphatic carbocycles. The highest BCUT2D eigenvalue weighted by Crippen LogP contribution is 2.18. The van der Waals surface area contributed by atoms with Crippen LogP contribution in [0.5, 0.6) is 5.75 Å². The van der Waals surface area contributed by atoms with E-state index in [0.29, 0.717) is 11.8 Å². The van der Waals surface area contributed by atoms with E-state index >= 15 is 0 Å². The molecule has 0 saturated heterocycles. The first-order valence-corrected chi connectivity index (χ1v) is 7.05. The van der Waals surface area contributed by atoms with Crippen LogP contribution in [0.1, 0.15) is 22.4 Å². The summed E-state index contributed by atoms with van der Waals surface area (Å²) in [4.78, 5) is 4.36. The summed E-state index contributed by atoms with van der Waals surface area (Å²) in [5, 5.41) is 0. The van der Waals surface area contributed by atoms with Crippen LogP contribution in [0, 0.1) is 0 Å². The summed E-state index contributed by atoms with van der Waals surface area (Å²) in [5.41, 5.74) is 4.20. The van der Waals surface area contributed by atoms with Crippen LogP contribution in [0.3, 0.4) is 0 Å². The minimum absolute atomic E-state index is 0.394. The number of hydrogen-bond acceptors (Lipinski definition) is 2. The van der Waals surface area contributed by atoms with Crippen LogP contribution in [-0.2, 0) is 18.2 Å². The number of ether oxygens (including phenoxy) is 1. The van der Waals surface area contributed by atoms with Gasteiger partial charge in [-0.15, -0.1) is 23.2 Å². The van der Waals surface area contributed by atoms with Gasteiger partial charge in [-0.2, -0.15) is 0 Å². The topological polar surface area (TPSA) is 22.1 Å². The number of methoxy groups -OCH3 is 1. The number of rotatable bonds is 5. The lowest BCUT2D eigenvalue weighted by molar-refractivity contribution is 0.414. The van der Waals surface area contributed by atoms with Crippen molar-refractivity contribution in [3.8, 4) is 5.75 Å². The van der Waals surface area contributed by atoms with Gasteiger partial charge in [0.15, 0.2) is 0 Å². The highest BCUT2D eigenvalue weighted by atomic mass is 35.5. The standard InChI is InChI=1S/C15H15Cl2NO/c1-19-14-4-2-11(3-5-14)6-12-7-13(8-16)15(9-17)18-10-12/h2-5,7,10H,6,8-9H2,1H3. The predicted octanol–water partition coefficient (Wildman–Crippen LogP) is 4.16. The third-order valence-corrected chi connectivity index (χ3v) is 3.50. The molecule has 100 valence electrons. The summed E-state index contributed by atoms with van der Waals surface area (Å²) in [5.74, 6) is 1.69. The molecule has 0 aliphatic heterocycles. The highest BCUT2D eigenvalue weighted by molar-refractivity contribution is 6.18. The molecule has 2 nitrogen and oxygen atoms in total. The largest absolute Gasteiger partial charge is 0.497 e. The minimum atomic E-state index is 0.394. The van der Waals surface area contributed by atoms with Crippen LogP contribution in [0.4, 0.5) is 0 Å². The second-order valence-electron chi connectivity index (χ2n) is 4.24. The fourth-order valence-corrected chi connectivity index (χ4v) is 2.37. The van der Waals surface area contributed by atoms with Gasteiger partial charge in [-0.25, -0.2) is 0 Å². The zero-order valence-electron chi connectivity index (χ0n) is 10.7. The van der Waals surface area contributed by atoms with Crippen LogP contribution < -0.4 is 4.74 Å². The maximum absolute atomic E-state index is 5.91. The van der Waals surface area contributed by atoms with E-state index in [1.165, 1.54) is 5.56 Å². The molecule has 1 aromatic heterocycles. The molecular formula is C15H15Cl2NO. The van der Waals surface area contributed by atoms with Crippen molar-refractivity contribution in [1.82, 2.24) is 4.98 Å². The van der Waals surface area contributed by atoms with Crippen molar-refractivity contribution in [3.05, 3.63) is 58.9 Å². The molecule has 0 aliphatic rings. The van der Waals surface area contributed by atoms with E-state index in [1.807, 2.05) is 18.3 Å². The molecule has 4 heteroatoms. The second kappa shape index (κ2) is 6.78. The molecule has 2 rings (SSSR count). The quantitative estimate of drug-likeness (QED) is 0.773. The van der Waals surface area contributed by atoms with Crippen LogP contribution >= 0.6 is 23.2 Å². The molecule has 0 unspecified atom stereocenters. The van der Waals surface area contributed by atoms with E-state index in [9.17, 15) is 0 Å². The molecule has 0 radical (unpaired) electrons. The number of hydrogen-bond donors (Lipinski definition) is 0. The van der Waals surface area contributed by atoms with Crippen LogP contribution in [0.25, 0.3) is 0 Å². The molecule has 1 aromatic carbocycles. The van der Waals surface area contributed by atoms with Crippen LogP contribution in [0.15, 0.2) is 36.5 Å². The molecule has 0 spiro atoms. The van der Waals surface area contributed by atoms with Gasteiger partial charge in [-0.1, -0.05) is 18.2 Å². The Labute approximate surface area is 123 Å². The zero-order chi connectivity index (χ0) is 13.7. The van der Waals surface area contributed by atoms with Crippen molar-refractivity contribution >= 4 is 23.2 Å². The maximum Gasteiger partial charge on any atom is 0.118 e. The fourth-order valence-electron chi connectivity index (χ4n) is 1.90. The van der Waals surface area contributed by atoms with Gasteiger partial charge in [0.05, 0.1) is 18.7 Å². The molecule has 1 heterocycles. The number of alkyl halides is 2. The predicted molar refractivity (Wildman–Crippen MR) is 79.2 cm³/mol. The van der Waals surface area contributed by atoms with E-state index in [1.54, 1.807) is 7.11 Å². The average molecular weight is 296 g/mol. The van der Waals surface area contributed by atoms with Gasteiger partial charge >= 0.3 is 0 Å². The third-order valence-electron chi connectivity index (χ3n) is 2.95. The summed E-state index contributed by atoms with van der Waals surface area (Å²) in [6.07, 6.45) is 2.68. The Kier molecular flexibility index (Phi) is 5.06. The second-order valence-corrected chi connectivity index (χ2v) is 4.78. The molecule has 19 heavy (non-hydrogen) atoms. The van der Waals surface area contributed by atoms with Crippen molar-refractivity contribution in [1.29, 1.82) is 0 Å². The Balaban J connectivity index is 2.18.